The summed E-state index contributed by atoms with van der Waals surface area (Å²) in [4.78, 5) is 34.5. The van der Waals surface area contributed by atoms with Crippen molar-refractivity contribution < 1.29 is 27.9 Å². The predicted octanol–water partition coefficient (Wildman–Crippen LogP) is 1.12. The summed E-state index contributed by atoms with van der Waals surface area (Å²) in [5.41, 5.74) is -2.33. The number of aryl methyl sites for hydroxylation is 1. The average Bonchev–Trinajstić information content (AvgIpc) is 2.61. The minimum atomic E-state index is -4.63. The number of para-hydroxylation sites is 1. The molecule has 1 aromatic heterocycles. The Kier molecular flexibility index (Phi) is 6.62. The molecule has 0 aliphatic rings. The van der Waals surface area contributed by atoms with Crippen LogP contribution in [0.15, 0.2) is 34.2 Å². The molecule has 2 rings (SSSR count). The first kappa shape index (κ1) is 21.2. The van der Waals surface area contributed by atoms with E-state index in [4.69, 9.17) is 10.9 Å². The maximum Gasteiger partial charge on any atom is 0.418 e. The molecule has 0 atom stereocenters. The Hall–Kier alpha value is -3.09. The van der Waals surface area contributed by atoms with Crippen LogP contribution in [0.5, 0.6) is 0 Å². The molecule has 0 aliphatic heterocycles. The number of carbonyl (C=O) groups is 2. The fourth-order valence-electron chi connectivity index (χ4n) is 2.06. The van der Waals surface area contributed by atoms with Gasteiger partial charge < -0.3 is 16.3 Å². The number of rotatable bonds is 7. The second-order valence-electron chi connectivity index (χ2n) is 5.38. The van der Waals surface area contributed by atoms with Crippen molar-refractivity contribution >= 4 is 29.3 Å². The first-order chi connectivity index (χ1) is 13.1. The molecule has 1 amide bonds. The second kappa shape index (κ2) is 8.73. The Morgan fingerprint density at radius 3 is 2.57 bits per heavy atom. The van der Waals surface area contributed by atoms with Gasteiger partial charge in [0.15, 0.2) is 0 Å². The number of nitrogen functional groups attached to an aromatic ring is 1. The number of aromatic nitrogens is 3. The van der Waals surface area contributed by atoms with Crippen LogP contribution < -0.4 is 16.7 Å². The van der Waals surface area contributed by atoms with Gasteiger partial charge in [-0.2, -0.15) is 17.8 Å². The Bertz CT molecular complexity index is 948. The van der Waals surface area contributed by atoms with Gasteiger partial charge in [0.1, 0.15) is 5.69 Å². The molecule has 4 N–H and O–H groups in total. The van der Waals surface area contributed by atoms with E-state index in [9.17, 15) is 27.6 Å². The number of nitrogens with one attached hydrogen (secondary N) is 1. The van der Waals surface area contributed by atoms with E-state index in [2.05, 4.69) is 15.5 Å². The van der Waals surface area contributed by atoms with Gasteiger partial charge in [0, 0.05) is 6.42 Å². The third kappa shape index (κ3) is 5.45. The molecular weight excluding hydrogens is 403 g/mol. The van der Waals surface area contributed by atoms with Crippen LogP contribution in [0.2, 0.25) is 0 Å². The summed E-state index contributed by atoms with van der Waals surface area (Å²) in [5, 5.41) is 17.9. The highest BCUT2D eigenvalue weighted by Gasteiger charge is 2.33. The van der Waals surface area contributed by atoms with E-state index >= 15 is 0 Å². The summed E-state index contributed by atoms with van der Waals surface area (Å²) >= 11 is 0.690. The molecule has 0 radical (unpaired) electrons. The molecule has 0 bridgehead atoms. The molecule has 0 fully saturated rings. The molecule has 0 spiro atoms. The van der Waals surface area contributed by atoms with Gasteiger partial charge in [0.25, 0.3) is 5.56 Å². The van der Waals surface area contributed by atoms with Crippen molar-refractivity contribution in [1.29, 1.82) is 0 Å². The fourth-order valence-corrected chi connectivity index (χ4v) is 2.71. The molecule has 150 valence electrons. The lowest BCUT2D eigenvalue weighted by Gasteiger charge is -2.13. The number of anilines is 1. The number of benzene rings is 1. The van der Waals surface area contributed by atoms with Crippen molar-refractivity contribution in [2.75, 3.05) is 16.9 Å². The third-order valence-corrected chi connectivity index (χ3v) is 4.29. The van der Waals surface area contributed by atoms with Gasteiger partial charge in [0.05, 0.1) is 23.4 Å². The Morgan fingerprint density at radius 1 is 1.25 bits per heavy atom. The zero-order valence-electron chi connectivity index (χ0n) is 14.1. The van der Waals surface area contributed by atoms with Crippen LogP contribution in [0.3, 0.4) is 0 Å². The van der Waals surface area contributed by atoms with Crippen LogP contribution in [0.1, 0.15) is 17.7 Å². The molecule has 28 heavy (non-hydrogen) atoms. The minimum Gasteiger partial charge on any atom is -0.481 e. The molecule has 0 aliphatic carbocycles. The first-order valence-corrected chi connectivity index (χ1v) is 8.62. The van der Waals surface area contributed by atoms with Crippen molar-refractivity contribution in [2.24, 2.45) is 0 Å². The number of alkyl halides is 3. The van der Waals surface area contributed by atoms with Crippen LogP contribution in [0, 0.1) is 0 Å². The van der Waals surface area contributed by atoms with Gasteiger partial charge in [-0.1, -0.05) is 23.9 Å². The quantitative estimate of drug-likeness (QED) is 0.450. The smallest absolute Gasteiger partial charge is 0.418 e. The summed E-state index contributed by atoms with van der Waals surface area (Å²) in [7, 11) is 0. The highest BCUT2D eigenvalue weighted by atomic mass is 32.2. The largest absolute Gasteiger partial charge is 0.481 e. The molecule has 0 saturated heterocycles. The Balaban J connectivity index is 2.05. The van der Waals surface area contributed by atoms with Crippen molar-refractivity contribution in [3.05, 3.63) is 45.9 Å². The normalized spacial score (nSPS) is 11.2. The van der Waals surface area contributed by atoms with Crippen molar-refractivity contribution in [3.8, 4) is 0 Å². The Labute approximate surface area is 159 Å². The van der Waals surface area contributed by atoms with Gasteiger partial charge in [-0.05, 0) is 12.1 Å². The molecule has 0 saturated carbocycles. The minimum absolute atomic E-state index is 0.150. The molecule has 9 nitrogen and oxygen atoms in total. The molecule has 13 heteroatoms. The Morgan fingerprint density at radius 2 is 1.93 bits per heavy atom. The van der Waals surface area contributed by atoms with E-state index in [1.165, 1.54) is 12.1 Å². The summed E-state index contributed by atoms with van der Waals surface area (Å²) < 4.78 is 39.4. The summed E-state index contributed by atoms with van der Waals surface area (Å²) in [6, 6.07) is 4.49. The number of carboxylic acids is 1. The number of amides is 1. The van der Waals surface area contributed by atoms with E-state index in [0.717, 1.165) is 12.1 Å². The lowest BCUT2D eigenvalue weighted by Crippen LogP contribution is -2.34. The number of hydrogen-bond acceptors (Lipinski definition) is 7. The van der Waals surface area contributed by atoms with Crippen molar-refractivity contribution in [1.82, 2.24) is 14.9 Å². The molecular formula is C15H14F3N5O4S. The standard InChI is InChI=1S/C15H14F3N5O4S/c16-15(17,18)8-3-1-2-4-9(8)20-11(24)7-28-14-22-21-10(5-6-12(25)26)13(27)23(14)19/h1-4H,5-7,19H2,(H,20,24)(H,25,26). The van der Waals surface area contributed by atoms with Crippen LogP contribution >= 0.6 is 11.8 Å². The monoisotopic (exact) mass is 417 g/mol. The summed E-state index contributed by atoms with van der Waals surface area (Å²) in [6.45, 7) is 0. The van der Waals surface area contributed by atoms with E-state index in [1.54, 1.807) is 0 Å². The van der Waals surface area contributed by atoms with Crippen molar-refractivity contribution in [3.63, 3.8) is 0 Å². The van der Waals surface area contributed by atoms with Crippen LogP contribution in [0.4, 0.5) is 18.9 Å². The molecule has 0 unspecified atom stereocenters. The first-order valence-electron chi connectivity index (χ1n) is 7.64. The number of carbonyl (C=O) groups excluding carboxylic acids is 1. The molecule has 1 aromatic carbocycles. The lowest BCUT2D eigenvalue weighted by molar-refractivity contribution is -0.138. The molecule has 1 heterocycles. The van der Waals surface area contributed by atoms with Gasteiger partial charge in [-0.25, -0.2) is 0 Å². The third-order valence-electron chi connectivity index (χ3n) is 3.34. The zero-order chi connectivity index (χ0) is 20.9. The van der Waals surface area contributed by atoms with Gasteiger partial charge in [0.2, 0.25) is 11.1 Å². The van der Waals surface area contributed by atoms with Crippen LogP contribution in [-0.2, 0) is 22.2 Å². The SMILES string of the molecule is Nn1c(SCC(=O)Nc2ccccc2C(F)(F)F)nnc(CCC(=O)O)c1=O. The zero-order valence-corrected chi connectivity index (χ0v) is 14.9. The summed E-state index contributed by atoms with van der Waals surface area (Å²) in [6.07, 6.45) is -5.14. The topological polar surface area (TPSA) is 140 Å². The van der Waals surface area contributed by atoms with Gasteiger partial charge in [-0.3, -0.25) is 14.4 Å². The number of halogens is 3. The number of nitrogens with two attached hydrogens (primary N) is 1. The lowest BCUT2D eigenvalue weighted by atomic mass is 10.1. The maximum absolute atomic E-state index is 12.9. The van der Waals surface area contributed by atoms with E-state index < -0.39 is 34.9 Å². The van der Waals surface area contributed by atoms with E-state index in [0.29, 0.717) is 16.4 Å². The van der Waals surface area contributed by atoms with Crippen LogP contribution in [0.25, 0.3) is 0 Å². The highest BCUT2D eigenvalue weighted by Crippen LogP contribution is 2.34. The van der Waals surface area contributed by atoms with E-state index in [-0.39, 0.29) is 29.4 Å². The number of aliphatic carboxylic acids is 1. The molecule has 2 aromatic rings. The van der Waals surface area contributed by atoms with Crippen LogP contribution in [-0.4, -0.2) is 37.6 Å². The highest BCUT2D eigenvalue weighted by molar-refractivity contribution is 7.99. The van der Waals surface area contributed by atoms with E-state index in [1.807, 2.05) is 0 Å². The van der Waals surface area contributed by atoms with Gasteiger partial charge in [-0.15, -0.1) is 10.2 Å². The van der Waals surface area contributed by atoms with Gasteiger partial charge >= 0.3 is 12.1 Å². The number of nitrogens with zero attached hydrogens (tertiary/aromatic N) is 3. The number of thioether (sulfide) groups is 1. The number of hydrogen-bond donors (Lipinski definition) is 3. The van der Waals surface area contributed by atoms with Crippen molar-refractivity contribution in [2.45, 2.75) is 24.2 Å². The average molecular weight is 417 g/mol. The fraction of sp³-hybridized carbons (Fsp3) is 0.267. The predicted molar refractivity (Wildman–Crippen MR) is 93.2 cm³/mol. The number of carboxylic acid groups (broad SMARTS) is 1. The summed E-state index contributed by atoms with van der Waals surface area (Å²) in [5.74, 6) is 3.28. The maximum atomic E-state index is 12.9. The second-order valence-corrected chi connectivity index (χ2v) is 6.32.